The molecule has 28 heavy (non-hydrogen) atoms. The van der Waals surface area contributed by atoms with Gasteiger partial charge in [0.05, 0.1) is 25.8 Å². The van der Waals surface area contributed by atoms with E-state index in [0.29, 0.717) is 19.0 Å². The number of hydrogen-bond acceptors (Lipinski definition) is 4. The van der Waals surface area contributed by atoms with Crippen LogP contribution in [0.5, 0.6) is 17.2 Å². The highest BCUT2D eigenvalue weighted by Crippen LogP contribution is 2.34. The van der Waals surface area contributed by atoms with Gasteiger partial charge in [-0.15, -0.1) is 0 Å². The first-order chi connectivity index (χ1) is 13.6. The van der Waals surface area contributed by atoms with Gasteiger partial charge in [0.1, 0.15) is 5.75 Å². The second-order valence-electron chi connectivity index (χ2n) is 7.22. The minimum absolute atomic E-state index is 0.187. The summed E-state index contributed by atoms with van der Waals surface area (Å²) in [6.45, 7) is 5.52. The van der Waals surface area contributed by atoms with Gasteiger partial charge < -0.3 is 18.8 Å². The maximum Gasteiger partial charge on any atom is 0.297 e. The summed E-state index contributed by atoms with van der Waals surface area (Å²) in [7, 11) is 3.33. The average molecular weight is 390 g/mol. The third-order valence-electron chi connectivity index (χ3n) is 5.00. The van der Waals surface area contributed by atoms with Gasteiger partial charge in [-0.05, 0) is 25.0 Å². The molecule has 0 saturated heterocycles. The van der Waals surface area contributed by atoms with Crippen molar-refractivity contribution in [2.75, 3.05) is 20.3 Å². The lowest BCUT2D eigenvalue weighted by atomic mass is 10.1. The Morgan fingerprint density at radius 3 is 2.25 bits per heavy atom. The van der Waals surface area contributed by atoms with Crippen molar-refractivity contribution in [2.45, 2.75) is 65.2 Å². The van der Waals surface area contributed by atoms with E-state index < -0.39 is 0 Å². The number of unbranched alkanes of at least 4 members (excludes halogenated alkanes) is 6. The molecule has 0 radical (unpaired) electrons. The maximum atomic E-state index is 12.8. The van der Waals surface area contributed by atoms with Gasteiger partial charge in [-0.2, -0.15) is 0 Å². The molecule has 0 bridgehead atoms. The van der Waals surface area contributed by atoms with E-state index in [1.807, 2.05) is 18.2 Å². The number of benzene rings is 1. The first-order valence-electron chi connectivity index (χ1n) is 10.6. The number of rotatable bonds is 13. The molecule has 1 aromatic carbocycles. The molecular weight excluding hydrogens is 354 g/mol. The van der Waals surface area contributed by atoms with Crippen LogP contribution in [0, 0.1) is 0 Å². The molecule has 0 aliphatic carbocycles. The van der Waals surface area contributed by atoms with Gasteiger partial charge in [0.2, 0.25) is 5.75 Å². The van der Waals surface area contributed by atoms with Crippen molar-refractivity contribution in [3.05, 3.63) is 28.6 Å². The Morgan fingerprint density at radius 1 is 0.857 bits per heavy atom. The van der Waals surface area contributed by atoms with Crippen molar-refractivity contribution in [3.8, 4) is 17.2 Å². The molecule has 0 aliphatic rings. The summed E-state index contributed by atoms with van der Waals surface area (Å²) >= 11 is 0. The van der Waals surface area contributed by atoms with Crippen molar-refractivity contribution in [1.82, 2.24) is 4.57 Å². The molecule has 1 heterocycles. The summed E-state index contributed by atoms with van der Waals surface area (Å²) in [6.07, 6.45) is 9.29. The summed E-state index contributed by atoms with van der Waals surface area (Å²) in [5.41, 5.74) is 0.596. The summed E-state index contributed by atoms with van der Waals surface area (Å²) in [5.74, 6) is 1.56. The molecule has 5 nitrogen and oxygen atoms in total. The summed E-state index contributed by atoms with van der Waals surface area (Å²) in [5, 5.41) is 0.850. The number of ether oxygens (including phenoxy) is 3. The fourth-order valence-corrected chi connectivity index (χ4v) is 3.27. The number of aryl methyl sites for hydroxylation is 1. The van der Waals surface area contributed by atoms with Crippen molar-refractivity contribution < 1.29 is 14.2 Å². The van der Waals surface area contributed by atoms with E-state index in [1.165, 1.54) is 32.1 Å². The van der Waals surface area contributed by atoms with Crippen molar-refractivity contribution >= 4 is 10.9 Å². The predicted octanol–water partition coefficient (Wildman–Crippen LogP) is 5.47. The fraction of sp³-hybridized carbons (Fsp3) is 0.609. The molecule has 0 fully saturated rings. The van der Waals surface area contributed by atoms with Crippen LogP contribution in [-0.4, -0.2) is 24.9 Å². The second-order valence-corrected chi connectivity index (χ2v) is 7.22. The van der Waals surface area contributed by atoms with E-state index in [0.717, 1.165) is 35.9 Å². The standard InChI is InChI=1S/C23H35NO4/c1-5-7-9-10-11-12-16-27-18-13-14-19-20(17-18)24(3)23(25)22(21(19)26-4)28-15-8-6-2/h13-14,17H,5-12,15-16H2,1-4H3. The Bertz CT molecular complexity index is 797. The van der Waals surface area contributed by atoms with E-state index >= 15 is 0 Å². The zero-order valence-electron chi connectivity index (χ0n) is 17.9. The lowest BCUT2D eigenvalue weighted by Crippen LogP contribution is -2.21. The Balaban J connectivity index is 2.13. The zero-order valence-corrected chi connectivity index (χ0v) is 17.9. The minimum Gasteiger partial charge on any atom is -0.494 e. The Labute approximate surface area is 168 Å². The van der Waals surface area contributed by atoms with Crippen LogP contribution in [0.4, 0.5) is 0 Å². The van der Waals surface area contributed by atoms with Gasteiger partial charge in [0, 0.05) is 18.5 Å². The quantitative estimate of drug-likeness (QED) is 0.427. The first-order valence-corrected chi connectivity index (χ1v) is 10.6. The van der Waals surface area contributed by atoms with Crippen molar-refractivity contribution in [3.63, 3.8) is 0 Å². The SMILES string of the molecule is CCCCCCCCOc1ccc2c(OC)c(OCCCC)c(=O)n(C)c2c1. The highest BCUT2D eigenvalue weighted by atomic mass is 16.5. The van der Waals surface area contributed by atoms with E-state index in [2.05, 4.69) is 13.8 Å². The van der Waals surface area contributed by atoms with Gasteiger partial charge in [-0.3, -0.25) is 4.79 Å². The molecular formula is C23H35NO4. The molecule has 0 aliphatic heterocycles. The van der Waals surface area contributed by atoms with Crippen LogP contribution in [0.3, 0.4) is 0 Å². The van der Waals surface area contributed by atoms with E-state index in [1.54, 1.807) is 18.7 Å². The van der Waals surface area contributed by atoms with Crippen LogP contribution >= 0.6 is 0 Å². The van der Waals surface area contributed by atoms with Crippen LogP contribution in [0.25, 0.3) is 10.9 Å². The minimum atomic E-state index is -0.187. The molecule has 1 aromatic heterocycles. The Kier molecular flexibility index (Phi) is 9.18. The lowest BCUT2D eigenvalue weighted by molar-refractivity contribution is 0.284. The van der Waals surface area contributed by atoms with E-state index in [4.69, 9.17) is 14.2 Å². The number of fused-ring (bicyclic) bond motifs is 1. The number of hydrogen-bond donors (Lipinski definition) is 0. The van der Waals surface area contributed by atoms with Gasteiger partial charge in [-0.25, -0.2) is 0 Å². The number of nitrogens with zero attached hydrogens (tertiary/aromatic N) is 1. The van der Waals surface area contributed by atoms with Gasteiger partial charge in [-0.1, -0.05) is 52.4 Å². The summed E-state index contributed by atoms with van der Waals surface area (Å²) in [6, 6.07) is 5.78. The number of pyridine rings is 1. The molecule has 0 atom stereocenters. The molecule has 2 rings (SSSR count). The van der Waals surface area contributed by atoms with Crippen LogP contribution in [-0.2, 0) is 7.05 Å². The monoisotopic (exact) mass is 389 g/mol. The summed E-state index contributed by atoms with van der Waals surface area (Å²) in [4.78, 5) is 12.8. The van der Waals surface area contributed by atoms with Crippen LogP contribution in [0.1, 0.15) is 65.2 Å². The molecule has 5 heteroatoms. The number of methoxy groups -OCH3 is 1. The Morgan fingerprint density at radius 2 is 1.54 bits per heavy atom. The fourth-order valence-electron chi connectivity index (χ4n) is 3.27. The first kappa shape index (κ1) is 22.1. The third kappa shape index (κ3) is 5.66. The predicted molar refractivity (Wildman–Crippen MR) is 115 cm³/mol. The van der Waals surface area contributed by atoms with Gasteiger partial charge >= 0.3 is 0 Å². The number of aromatic nitrogens is 1. The zero-order chi connectivity index (χ0) is 20.4. The van der Waals surface area contributed by atoms with Crippen LogP contribution in [0.2, 0.25) is 0 Å². The summed E-state index contributed by atoms with van der Waals surface area (Å²) < 4.78 is 18.8. The Hall–Kier alpha value is -2.17. The molecule has 0 N–H and O–H groups in total. The molecule has 0 spiro atoms. The topological polar surface area (TPSA) is 49.7 Å². The molecule has 0 saturated carbocycles. The average Bonchev–Trinajstić information content (AvgIpc) is 2.71. The third-order valence-corrected chi connectivity index (χ3v) is 5.00. The van der Waals surface area contributed by atoms with Crippen LogP contribution < -0.4 is 19.8 Å². The molecule has 0 amide bonds. The lowest BCUT2D eigenvalue weighted by Gasteiger charge is -2.16. The van der Waals surface area contributed by atoms with Crippen molar-refractivity contribution in [1.29, 1.82) is 0 Å². The smallest absolute Gasteiger partial charge is 0.297 e. The molecule has 2 aromatic rings. The van der Waals surface area contributed by atoms with Crippen molar-refractivity contribution in [2.24, 2.45) is 7.05 Å². The van der Waals surface area contributed by atoms with Crippen LogP contribution in [0.15, 0.2) is 23.0 Å². The van der Waals surface area contributed by atoms with E-state index in [-0.39, 0.29) is 11.3 Å². The second kappa shape index (κ2) is 11.6. The van der Waals surface area contributed by atoms with E-state index in [9.17, 15) is 4.79 Å². The maximum absolute atomic E-state index is 12.8. The van der Waals surface area contributed by atoms with Gasteiger partial charge in [0.15, 0.2) is 5.75 Å². The molecule has 156 valence electrons. The van der Waals surface area contributed by atoms with Gasteiger partial charge in [0.25, 0.3) is 5.56 Å². The molecule has 0 unspecified atom stereocenters. The highest BCUT2D eigenvalue weighted by molar-refractivity contribution is 5.89. The highest BCUT2D eigenvalue weighted by Gasteiger charge is 2.18. The largest absolute Gasteiger partial charge is 0.494 e. The normalized spacial score (nSPS) is 11.0.